The van der Waals surface area contributed by atoms with Gasteiger partial charge < -0.3 is 0 Å². The zero-order valence-electron chi connectivity index (χ0n) is 12.1. The summed E-state index contributed by atoms with van der Waals surface area (Å²) in [7, 11) is 0. The predicted octanol–water partition coefficient (Wildman–Crippen LogP) is 3.28. The van der Waals surface area contributed by atoms with Crippen LogP contribution in [0.25, 0.3) is 0 Å². The van der Waals surface area contributed by atoms with Crippen LogP contribution in [-0.4, -0.2) is 23.3 Å². The summed E-state index contributed by atoms with van der Waals surface area (Å²) >= 11 is 0. The first-order chi connectivity index (χ1) is 9.69. The third kappa shape index (κ3) is 4.18. The van der Waals surface area contributed by atoms with Crippen LogP contribution in [0.2, 0.25) is 0 Å². The summed E-state index contributed by atoms with van der Waals surface area (Å²) in [6, 6.07) is 10.3. The fraction of sp³-hybridized carbons (Fsp3) is 0.529. The number of hydrogen-bond donors (Lipinski definition) is 0. The van der Waals surface area contributed by atoms with Crippen molar-refractivity contribution in [3.05, 3.63) is 35.4 Å². The van der Waals surface area contributed by atoms with Crippen LogP contribution in [0, 0.1) is 11.3 Å². The van der Waals surface area contributed by atoms with Crippen LogP contribution in [-0.2, 0) is 11.3 Å². The van der Waals surface area contributed by atoms with E-state index in [4.69, 9.17) is 5.26 Å². The van der Waals surface area contributed by atoms with Crippen molar-refractivity contribution in [3.63, 3.8) is 0 Å². The SMILES string of the molecule is CC(=O)CC1CCCCCN1Cc1cccc(C#N)c1. The van der Waals surface area contributed by atoms with Crippen LogP contribution in [0.4, 0.5) is 0 Å². The molecule has 1 aliphatic rings. The van der Waals surface area contributed by atoms with E-state index in [-0.39, 0.29) is 5.78 Å². The average Bonchev–Trinajstić information content (AvgIpc) is 2.64. The molecule has 1 atom stereocenters. The number of likely N-dealkylation sites (tertiary alicyclic amines) is 1. The molecule has 1 aromatic carbocycles. The fourth-order valence-electron chi connectivity index (χ4n) is 2.98. The Hall–Kier alpha value is -1.66. The zero-order chi connectivity index (χ0) is 14.4. The molecular weight excluding hydrogens is 248 g/mol. The lowest BCUT2D eigenvalue weighted by atomic mass is 10.0. The van der Waals surface area contributed by atoms with Crippen LogP contribution in [0.5, 0.6) is 0 Å². The Labute approximate surface area is 121 Å². The molecule has 0 spiro atoms. The third-order valence-corrected chi connectivity index (χ3v) is 3.96. The highest BCUT2D eigenvalue weighted by Gasteiger charge is 2.22. The number of carbonyl (C=O) groups is 1. The molecule has 3 nitrogen and oxygen atoms in total. The van der Waals surface area contributed by atoms with Crippen LogP contribution < -0.4 is 0 Å². The van der Waals surface area contributed by atoms with Gasteiger partial charge in [-0.1, -0.05) is 25.0 Å². The number of Topliss-reactive ketones (excluding diaryl/α,β-unsaturated/α-hetero) is 1. The summed E-state index contributed by atoms with van der Waals surface area (Å²) in [5, 5.41) is 8.98. The number of hydrogen-bond acceptors (Lipinski definition) is 3. The van der Waals surface area contributed by atoms with Crippen LogP contribution in [0.1, 0.15) is 50.2 Å². The lowest BCUT2D eigenvalue weighted by Crippen LogP contribution is -2.35. The van der Waals surface area contributed by atoms with E-state index in [2.05, 4.69) is 17.0 Å². The van der Waals surface area contributed by atoms with E-state index in [1.165, 1.54) is 24.8 Å². The second kappa shape index (κ2) is 7.21. The molecule has 0 bridgehead atoms. The molecule has 0 aliphatic carbocycles. The summed E-state index contributed by atoms with van der Waals surface area (Å²) in [5.74, 6) is 0.271. The van der Waals surface area contributed by atoms with Gasteiger partial charge in [0.1, 0.15) is 5.78 Å². The smallest absolute Gasteiger partial charge is 0.131 e. The third-order valence-electron chi connectivity index (χ3n) is 3.96. The van der Waals surface area contributed by atoms with Crippen molar-refractivity contribution >= 4 is 5.78 Å². The molecule has 1 heterocycles. The Balaban J connectivity index is 2.10. The highest BCUT2D eigenvalue weighted by Crippen LogP contribution is 2.22. The molecule has 1 saturated heterocycles. The number of ketones is 1. The standard InChI is InChI=1S/C17H22N2O/c1-14(20)10-17-8-3-2-4-9-19(17)13-16-7-5-6-15(11-16)12-18/h5-7,11,17H,2-4,8-10,13H2,1H3. The maximum absolute atomic E-state index is 11.5. The van der Waals surface area contributed by atoms with E-state index in [9.17, 15) is 4.79 Å². The van der Waals surface area contributed by atoms with E-state index in [0.717, 1.165) is 19.5 Å². The fourth-order valence-corrected chi connectivity index (χ4v) is 2.98. The molecule has 0 saturated carbocycles. The first kappa shape index (κ1) is 14.7. The molecule has 0 amide bonds. The predicted molar refractivity (Wildman–Crippen MR) is 79.1 cm³/mol. The normalized spacial score (nSPS) is 20.1. The summed E-state index contributed by atoms with van der Waals surface area (Å²) in [6.07, 6.45) is 5.43. The Morgan fingerprint density at radius 1 is 1.40 bits per heavy atom. The van der Waals surface area contributed by atoms with Gasteiger partial charge in [-0.15, -0.1) is 0 Å². The quantitative estimate of drug-likeness (QED) is 0.843. The van der Waals surface area contributed by atoms with Gasteiger partial charge in [0.15, 0.2) is 0 Å². The Kier molecular flexibility index (Phi) is 5.31. The van der Waals surface area contributed by atoms with Crippen molar-refractivity contribution in [1.82, 2.24) is 4.90 Å². The van der Waals surface area contributed by atoms with Gasteiger partial charge in [-0.2, -0.15) is 5.26 Å². The molecule has 0 radical (unpaired) electrons. The van der Waals surface area contributed by atoms with Gasteiger partial charge in [-0.05, 0) is 44.0 Å². The van der Waals surface area contributed by atoms with Gasteiger partial charge in [-0.3, -0.25) is 9.69 Å². The van der Waals surface area contributed by atoms with Crippen molar-refractivity contribution in [3.8, 4) is 6.07 Å². The first-order valence-corrected chi connectivity index (χ1v) is 7.41. The maximum atomic E-state index is 11.5. The minimum absolute atomic E-state index is 0.271. The van der Waals surface area contributed by atoms with Crippen molar-refractivity contribution in [2.45, 2.75) is 51.6 Å². The Morgan fingerprint density at radius 3 is 3.00 bits per heavy atom. The second-order valence-corrected chi connectivity index (χ2v) is 5.69. The van der Waals surface area contributed by atoms with Crippen LogP contribution >= 0.6 is 0 Å². The monoisotopic (exact) mass is 270 g/mol. The highest BCUT2D eigenvalue weighted by molar-refractivity contribution is 5.76. The van der Waals surface area contributed by atoms with Crippen molar-refractivity contribution in [2.24, 2.45) is 0 Å². The Morgan fingerprint density at radius 2 is 2.25 bits per heavy atom. The molecule has 1 unspecified atom stereocenters. The summed E-state index contributed by atoms with van der Waals surface area (Å²) in [6.45, 7) is 3.57. The van der Waals surface area contributed by atoms with E-state index in [1.54, 1.807) is 6.92 Å². The maximum Gasteiger partial charge on any atom is 0.131 e. The lowest BCUT2D eigenvalue weighted by Gasteiger charge is -2.29. The van der Waals surface area contributed by atoms with Crippen molar-refractivity contribution in [1.29, 1.82) is 5.26 Å². The van der Waals surface area contributed by atoms with Crippen LogP contribution in [0.3, 0.4) is 0 Å². The van der Waals surface area contributed by atoms with E-state index in [0.29, 0.717) is 18.0 Å². The van der Waals surface area contributed by atoms with E-state index < -0.39 is 0 Å². The lowest BCUT2D eigenvalue weighted by molar-refractivity contribution is -0.118. The largest absolute Gasteiger partial charge is 0.300 e. The van der Waals surface area contributed by atoms with Crippen molar-refractivity contribution < 1.29 is 4.79 Å². The van der Waals surface area contributed by atoms with E-state index in [1.807, 2.05) is 18.2 Å². The molecular formula is C17H22N2O. The molecule has 2 rings (SSSR count). The number of nitriles is 1. The molecule has 1 fully saturated rings. The number of carbonyl (C=O) groups excluding carboxylic acids is 1. The van der Waals surface area contributed by atoms with Gasteiger partial charge >= 0.3 is 0 Å². The van der Waals surface area contributed by atoms with Gasteiger partial charge in [0, 0.05) is 19.0 Å². The summed E-state index contributed by atoms with van der Waals surface area (Å²) < 4.78 is 0. The van der Waals surface area contributed by atoms with E-state index >= 15 is 0 Å². The Bertz CT molecular complexity index is 504. The molecule has 20 heavy (non-hydrogen) atoms. The minimum Gasteiger partial charge on any atom is -0.300 e. The average molecular weight is 270 g/mol. The molecule has 106 valence electrons. The second-order valence-electron chi connectivity index (χ2n) is 5.69. The molecule has 0 N–H and O–H groups in total. The molecule has 0 aromatic heterocycles. The highest BCUT2D eigenvalue weighted by atomic mass is 16.1. The summed E-state index contributed by atoms with van der Waals surface area (Å²) in [5.41, 5.74) is 1.87. The molecule has 3 heteroatoms. The first-order valence-electron chi connectivity index (χ1n) is 7.41. The zero-order valence-corrected chi connectivity index (χ0v) is 12.1. The van der Waals surface area contributed by atoms with Gasteiger partial charge in [0.2, 0.25) is 0 Å². The number of nitrogens with zero attached hydrogens (tertiary/aromatic N) is 2. The van der Waals surface area contributed by atoms with Gasteiger partial charge in [-0.25, -0.2) is 0 Å². The van der Waals surface area contributed by atoms with Crippen LogP contribution in [0.15, 0.2) is 24.3 Å². The van der Waals surface area contributed by atoms with Gasteiger partial charge in [0.05, 0.1) is 11.6 Å². The number of benzene rings is 1. The van der Waals surface area contributed by atoms with Crippen molar-refractivity contribution in [2.75, 3.05) is 6.54 Å². The summed E-state index contributed by atoms with van der Waals surface area (Å²) in [4.78, 5) is 13.9. The molecule has 1 aliphatic heterocycles. The van der Waals surface area contributed by atoms with Gasteiger partial charge in [0.25, 0.3) is 0 Å². The minimum atomic E-state index is 0.271. The molecule has 1 aromatic rings. The number of rotatable bonds is 4. The topological polar surface area (TPSA) is 44.1 Å².